The van der Waals surface area contributed by atoms with Crippen LogP contribution in [0.1, 0.15) is 55.7 Å². The summed E-state index contributed by atoms with van der Waals surface area (Å²) in [4.78, 5) is 14.8. The molecule has 140 valence electrons. The van der Waals surface area contributed by atoms with Crippen molar-refractivity contribution in [3.63, 3.8) is 0 Å². The predicted octanol–water partition coefficient (Wildman–Crippen LogP) is 3.76. The molecule has 0 unspecified atom stereocenters. The second kappa shape index (κ2) is 9.81. The molecule has 0 spiro atoms. The van der Waals surface area contributed by atoms with E-state index in [-0.39, 0.29) is 5.91 Å². The standard InChI is InChI=1S/C21H34N2O2/c1-16-14-17(2)18(3)20(15-16)25-19(4)21(24)22-10-9-13-23-11-7-5-6-8-12-23/h14-15,19H,5-13H2,1-4H3,(H,22,24)/t19-/m0/s1. The number of carbonyl (C=O) groups is 1. The number of rotatable bonds is 7. The average molecular weight is 347 g/mol. The second-order valence-corrected chi connectivity index (χ2v) is 7.37. The number of nitrogens with zero attached hydrogens (tertiary/aromatic N) is 1. The Hall–Kier alpha value is -1.55. The number of aryl methyl sites for hydroxylation is 2. The largest absolute Gasteiger partial charge is 0.481 e. The van der Waals surface area contributed by atoms with E-state index >= 15 is 0 Å². The number of hydrogen-bond acceptors (Lipinski definition) is 3. The predicted molar refractivity (Wildman–Crippen MR) is 103 cm³/mol. The highest BCUT2D eigenvalue weighted by atomic mass is 16.5. The zero-order valence-electron chi connectivity index (χ0n) is 16.4. The summed E-state index contributed by atoms with van der Waals surface area (Å²) in [6.45, 7) is 12.2. The molecule has 0 saturated carbocycles. The molecule has 0 bridgehead atoms. The minimum Gasteiger partial charge on any atom is -0.481 e. The monoisotopic (exact) mass is 346 g/mol. The highest BCUT2D eigenvalue weighted by Gasteiger charge is 2.16. The van der Waals surface area contributed by atoms with E-state index in [1.165, 1.54) is 44.3 Å². The molecule has 1 amide bonds. The van der Waals surface area contributed by atoms with Crippen LogP contribution in [0, 0.1) is 20.8 Å². The van der Waals surface area contributed by atoms with Gasteiger partial charge in [-0.25, -0.2) is 0 Å². The molecule has 25 heavy (non-hydrogen) atoms. The number of carbonyl (C=O) groups excluding carboxylic acids is 1. The summed E-state index contributed by atoms with van der Waals surface area (Å²) in [5, 5.41) is 3.02. The third kappa shape index (κ3) is 6.35. The van der Waals surface area contributed by atoms with Gasteiger partial charge in [0.15, 0.2) is 6.10 Å². The molecular weight excluding hydrogens is 312 g/mol. The van der Waals surface area contributed by atoms with Crippen LogP contribution in [0.25, 0.3) is 0 Å². The van der Waals surface area contributed by atoms with Crippen molar-refractivity contribution in [1.82, 2.24) is 10.2 Å². The zero-order chi connectivity index (χ0) is 18.2. The SMILES string of the molecule is Cc1cc(C)c(C)c(O[C@@H](C)C(=O)NCCCN2CCCCCC2)c1. The number of nitrogens with one attached hydrogen (secondary N) is 1. The van der Waals surface area contributed by atoms with Crippen LogP contribution in [0.4, 0.5) is 0 Å². The minimum atomic E-state index is -0.474. The van der Waals surface area contributed by atoms with Gasteiger partial charge in [0.1, 0.15) is 5.75 Å². The molecule has 1 aliphatic rings. The lowest BCUT2D eigenvalue weighted by atomic mass is 10.1. The van der Waals surface area contributed by atoms with Crippen molar-refractivity contribution in [3.8, 4) is 5.75 Å². The van der Waals surface area contributed by atoms with Crippen LogP contribution < -0.4 is 10.1 Å². The van der Waals surface area contributed by atoms with Crippen LogP contribution in [-0.4, -0.2) is 43.1 Å². The molecule has 1 heterocycles. The van der Waals surface area contributed by atoms with Crippen LogP contribution >= 0.6 is 0 Å². The van der Waals surface area contributed by atoms with Gasteiger partial charge in [-0.3, -0.25) is 4.79 Å². The quantitative estimate of drug-likeness (QED) is 0.764. The molecule has 0 aromatic heterocycles. The summed E-state index contributed by atoms with van der Waals surface area (Å²) in [7, 11) is 0. The Morgan fingerprint density at radius 2 is 1.84 bits per heavy atom. The van der Waals surface area contributed by atoms with Gasteiger partial charge < -0.3 is 15.0 Å². The lowest BCUT2D eigenvalue weighted by molar-refractivity contribution is -0.127. The molecule has 4 nitrogen and oxygen atoms in total. The Labute approximate surface area is 152 Å². The first kappa shape index (κ1) is 19.8. The van der Waals surface area contributed by atoms with Crippen LogP contribution in [-0.2, 0) is 4.79 Å². The molecule has 0 aliphatic carbocycles. The number of amides is 1. The van der Waals surface area contributed by atoms with Gasteiger partial charge in [0.25, 0.3) is 5.91 Å². The van der Waals surface area contributed by atoms with E-state index < -0.39 is 6.10 Å². The van der Waals surface area contributed by atoms with Gasteiger partial charge in [0.05, 0.1) is 0 Å². The van der Waals surface area contributed by atoms with Gasteiger partial charge in [-0.1, -0.05) is 18.9 Å². The average Bonchev–Trinajstić information content (AvgIpc) is 2.84. The van der Waals surface area contributed by atoms with E-state index in [1.54, 1.807) is 0 Å². The van der Waals surface area contributed by atoms with Gasteiger partial charge in [-0.2, -0.15) is 0 Å². The normalized spacial score (nSPS) is 17.0. The van der Waals surface area contributed by atoms with E-state index in [0.717, 1.165) is 36.4 Å². The number of likely N-dealkylation sites (tertiary alicyclic amines) is 1. The van der Waals surface area contributed by atoms with Gasteiger partial charge in [0.2, 0.25) is 0 Å². The van der Waals surface area contributed by atoms with E-state index in [1.807, 2.05) is 26.8 Å². The van der Waals surface area contributed by atoms with E-state index in [9.17, 15) is 4.79 Å². The Morgan fingerprint density at radius 3 is 2.52 bits per heavy atom. The van der Waals surface area contributed by atoms with E-state index in [4.69, 9.17) is 4.74 Å². The fraction of sp³-hybridized carbons (Fsp3) is 0.667. The van der Waals surface area contributed by atoms with E-state index in [0.29, 0.717) is 0 Å². The molecular formula is C21H34N2O2. The Kier molecular flexibility index (Phi) is 7.76. The number of benzene rings is 1. The smallest absolute Gasteiger partial charge is 0.260 e. The fourth-order valence-electron chi connectivity index (χ4n) is 3.38. The Bertz CT molecular complexity index is 563. The fourth-order valence-corrected chi connectivity index (χ4v) is 3.38. The van der Waals surface area contributed by atoms with Gasteiger partial charge >= 0.3 is 0 Å². The van der Waals surface area contributed by atoms with Crippen molar-refractivity contribution in [1.29, 1.82) is 0 Å². The van der Waals surface area contributed by atoms with Crippen molar-refractivity contribution >= 4 is 5.91 Å². The summed E-state index contributed by atoms with van der Waals surface area (Å²) in [6.07, 6.45) is 5.87. The minimum absolute atomic E-state index is 0.0329. The summed E-state index contributed by atoms with van der Waals surface area (Å²) in [5.74, 6) is 0.777. The van der Waals surface area contributed by atoms with Crippen molar-refractivity contribution < 1.29 is 9.53 Å². The highest BCUT2D eigenvalue weighted by Crippen LogP contribution is 2.24. The second-order valence-electron chi connectivity index (χ2n) is 7.37. The molecule has 1 aliphatic heterocycles. The lowest BCUT2D eigenvalue weighted by Gasteiger charge is -2.20. The third-order valence-corrected chi connectivity index (χ3v) is 5.09. The summed E-state index contributed by atoms with van der Waals surface area (Å²) in [6, 6.07) is 4.14. The molecule has 2 rings (SSSR count). The van der Waals surface area contributed by atoms with Gasteiger partial charge in [-0.05, 0) is 89.3 Å². The molecule has 1 atom stereocenters. The first-order chi connectivity index (χ1) is 12.0. The third-order valence-electron chi connectivity index (χ3n) is 5.09. The Morgan fingerprint density at radius 1 is 1.16 bits per heavy atom. The zero-order valence-corrected chi connectivity index (χ0v) is 16.4. The molecule has 1 aromatic rings. The topological polar surface area (TPSA) is 41.6 Å². The van der Waals surface area contributed by atoms with Crippen molar-refractivity contribution in [3.05, 3.63) is 28.8 Å². The molecule has 1 saturated heterocycles. The molecule has 1 aromatic carbocycles. The van der Waals surface area contributed by atoms with Crippen molar-refractivity contribution in [2.24, 2.45) is 0 Å². The first-order valence-corrected chi connectivity index (χ1v) is 9.72. The van der Waals surface area contributed by atoms with Gasteiger partial charge in [0, 0.05) is 6.54 Å². The van der Waals surface area contributed by atoms with Crippen molar-refractivity contribution in [2.45, 2.75) is 65.9 Å². The van der Waals surface area contributed by atoms with E-state index in [2.05, 4.69) is 23.2 Å². The molecule has 1 fully saturated rings. The highest BCUT2D eigenvalue weighted by molar-refractivity contribution is 5.80. The molecule has 0 radical (unpaired) electrons. The molecule has 4 heteroatoms. The Balaban J connectivity index is 1.73. The van der Waals surface area contributed by atoms with Crippen LogP contribution in [0.3, 0.4) is 0 Å². The van der Waals surface area contributed by atoms with Crippen LogP contribution in [0.15, 0.2) is 12.1 Å². The van der Waals surface area contributed by atoms with Crippen molar-refractivity contribution in [2.75, 3.05) is 26.2 Å². The lowest BCUT2D eigenvalue weighted by Crippen LogP contribution is -2.38. The summed E-state index contributed by atoms with van der Waals surface area (Å²) in [5.41, 5.74) is 3.45. The van der Waals surface area contributed by atoms with Gasteiger partial charge in [-0.15, -0.1) is 0 Å². The first-order valence-electron chi connectivity index (χ1n) is 9.72. The maximum absolute atomic E-state index is 12.3. The summed E-state index contributed by atoms with van der Waals surface area (Å²) >= 11 is 0. The maximum Gasteiger partial charge on any atom is 0.260 e. The van der Waals surface area contributed by atoms with Crippen LogP contribution in [0.5, 0.6) is 5.75 Å². The maximum atomic E-state index is 12.3. The van der Waals surface area contributed by atoms with Crippen LogP contribution in [0.2, 0.25) is 0 Å². The number of ether oxygens (including phenoxy) is 1. The summed E-state index contributed by atoms with van der Waals surface area (Å²) < 4.78 is 5.91. The number of hydrogen-bond donors (Lipinski definition) is 1. The molecule has 1 N–H and O–H groups in total.